The largest absolute Gasteiger partial charge is 0.468 e. The summed E-state index contributed by atoms with van der Waals surface area (Å²) in [5.41, 5.74) is 0.824. The average Bonchev–Trinajstić information content (AvgIpc) is 2.51. The number of sulfonamides is 1. The number of hydrogen-bond donors (Lipinski definition) is 2. The maximum Gasteiger partial charge on any atom is 0.407 e. The number of carbonyl (C=O) groups is 2. The van der Waals surface area contributed by atoms with Gasteiger partial charge in [-0.15, -0.1) is 0 Å². The number of methoxy groups -OCH3 is 1. The molecule has 2 N–H and O–H groups in total. The molecule has 122 valence electrons. The first kappa shape index (κ1) is 17.9. The number of alkyl carbamates (subject to hydrolysis) is 1. The fourth-order valence-electron chi connectivity index (χ4n) is 1.37. The molecule has 0 aliphatic rings. The summed E-state index contributed by atoms with van der Waals surface area (Å²) in [6.07, 6.45) is -0.716. The van der Waals surface area contributed by atoms with Gasteiger partial charge in [0.15, 0.2) is 0 Å². The van der Waals surface area contributed by atoms with E-state index in [2.05, 4.69) is 10.1 Å². The van der Waals surface area contributed by atoms with Gasteiger partial charge in [-0.05, 0) is 5.56 Å². The van der Waals surface area contributed by atoms with E-state index in [-0.39, 0.29) is 18.9 Å². The maximum absolute atomic E-state index is 11.5. The first-order chi connectivity index (χ1) is 10.4. The summed E-state index contributed by atoms with van der Waals surface area (Å²) < 4.78 is 34.3. The van der Waals surface area contributed by atoms with Crippen molar-refractivity contribution in [3.63, 3.8) is 0 Å². The normalized spacial score (nSPS) is 10.8. The third-order valence-electron chi connectivity index (χ3n) is 2.52. The summed E-state index contributed by atoms with van der Waals surface area (Å²) >= 11 is 0. The molecule has 0 unspecified atom stereocenters. The Bertz CT molecular complexity index is 588. The average molecular weight is 330 g/mol. The van der Waals surface area contributed by atoms with E-state index < -0.39 is 28.6 Å². The number of rotatable bonds is 8. The third-order valence-corrected chi connectivity index (χ3v) is 3.84. The highest BCUT2D eigenvalue weighted by Gasteiger charge is 2.13. The molecule has 0 spiro atoms. The minimum Gasteiger partial charge on any atom is -0.468 e. The molecule has 1 rings (SSSR count). The molecule has 0 aliphatic heterocycles. The molecule has 1 aromatic rings. The van der Waals surface area contributed by atoms with Gasteiger partial charge in [-0.25, -0.2) is 17.9 Å². The molecule has 0 aromatic heterocycles. The molecule has 0 heterocycles. The lowest BCUT2D eigenvalue weighted by Gasteiger charge is -2.08. The molecule has 0 radical (unpaired) electrons. The molecule has 0 aliphatic carbocycles. The van der Waals surface area contributed by atoms with Gasteiger partial charge in [0.1, 0.15) is 13.2 Å². The fourth-order valence-corrected chi connectivity index (χ4v) is 2.23. The van der Waals surface area contributed by atoms with Crippen molar-refractivity contribution in [2.75, 3.05) is 26.0 Å². The zero-order valence-electron chi connectivity index (χ0n) is 12.1. The molecule has 0 saturated carbocycles. The number of hydrogen-bond acceptors (Lipinski definition) is 6. The van der Waals surface area contributed by atoms with Crippen LogP contribution in [0.1, 0.15) is 5.56 Å². The van der Waals surface area contributed by atoms with Gasteiger partial charge in [0.05, 0.1) is 12.9 Å². The summed E-state index contributed by atoms with van der Waals surface area (Å²) in [7, 11) is -2.52. The van der Waals surface area contributed by atoms with Gasteiger partial charge >= 0.3 is 12.1 Å². The Morgan fingerprint density at radius 3 is 2.50 bits per heavy atom. The number of carbonyl (C=O) groups excluding carboxylic acids is 2. The molecule has 0 atom stereocenters. The standard InChI is InChI=1S/C13H18N2O6S/c1-20-12(16)9-15-22(18,19)8-7-14-13(17)21-10-11-5-3-2-4-6-11/h2-6,15H,7-10H2,1H3,(H,14,17). The van der Waals surface area contributed by atoms with E-state index in [1.54, 1.807) is 12.1 Å². The van der Waals surface area contributed by atoms with Crippen LogP contribution in [0.5, 0.6) is 0 Å². The van der Waals surface area contributed by atoms with Gasteiger partial charge < -0.3 is 14.8 Å². The predicted octanol–water partition coefficient (Wildman–Crippen LogP) is 0.00520. The van der Waals surface area contributed by atoms with E-state index >= 15 is 0 Å². The van der Waals surface area contributed by atoms with Crippen LogP contribution in [0.4, 0.5) is 4.79 Å². The minimum absolute atomic E-state index is 0.0972. The number of ether oxygens (including phenoxy) is 2. The van der Waals surface area contributed by atoms with Crippen molar-refractivity contribution in [3.05, 3.63) is 35.9 Å². The lowest BCUT2D eigenvalue weighted by atomic mass is 10.2. The molecular formula is C13H18N2O6S. The zero-order valence-corrected chi connectivity index (χ0v) is 12.9. The van der Waals surface area contributed by atoms with Crippen molar-refractivity contribution in [3.8, 4) is 0 Å². The van der Waals surface area contributed by atoms with E-state index in [9.17, 15) is 18.0 Å². The van der Waals surface area contributed by atoms with Gasteiger partial charge in [-0.1, -0.05) is 30.3 Å². The van der Waals surface area contributed by atoms with Crippen LogP contribution >= 0.6 is 0 Å². The molecule has 22 heavy (non-hydrogen) atoms. The molecule has 8 nitrogen and oxygen atoms in total. The highest BCUT2D eigenvalue weighted by Crippen LogP contribution is 2.00. The van der Waals surface area contributed by atoms with E-state index in [1.165, 1.54) is 0 Å². The Balaban J connectivity index is 2.22. The van der Waals surface area contributed by atoms with Crippen LogP contribution in [0.2, 0.25) is 0 Å². The Morgan fingerprint density at radius 1 is 1.18 bits per heavy atom. The van der Waals surface area contributed by atoms with Crippen molar-refractivity contribution in [1.29, 1.82) is 0 Å². The lowest BCUT2D eigenvalue weighted by molar-refractivity contribution is -0.139. The van der Waals surface area contributed by atoms with Crippen molar-refractivity contribution in [2.24, 2.45) is 0 Å². The topological polar surface area (TPSA) is 111 Å². The molecular weight excluding hydrogens is 312 g/mol. The van der Waals surface area contributed by atoms with Crippen LogP contribution in [0.3, 0.4) is 0 Å². The maximum atomic E-state index is 11.5. The SMILES string of the molecule is COC(=O)CNS(=O)(=O)CCNC(=O)OCc1ccccc1. The van der Waals surface area contributed by atoms with Gasteiger partial charge in [0.25, 0.3) is 0 Å². The Hall–Kier alpha value is -2.13. The minimum atomic E-state index is -3.67. The monoisotopic (exact) mass is 330 g/mol. The van der Waals surface area contributed by atoms with Gasteiger partial charge in [0.2, 0.25) is 10.0 Å². The molecule has 1 aromatic carbocycles. The summed E-state index contributed by atoms with van der Waals surface area (Å²) in [6.45, 7) is -0.485. The van der Waals surface area contributed by atoms with Crippen LogP contribution in [-0.2, 0) is 30.9 Å². The highest BCUT2D eigenvalue weighted by atomic mass is 32.2. The first-order valence-electron chi connectivity index (χ1n) is 6.41. The number of esters is 1. The van der Waals surface area contributed by atoms with Crippen molar-refractivity contribution in [2.45, 2.75) is 6.61 Å². The van der Waals surface area contributed by atoms with Gasteiger partial charge in [-0.2, -0.15) is 0 Å². The summed E-state index contributed by atoms with van der Waals surface area (Å²) in [5, 5.41) is 2.31. The Labute approximate surface area is 128 Å². The third kappa shape index (κ3) is 7.60. The highest BCUT2D eigenvalue weighted by molar-refractivity contribution is 7.89. The van der Waals surface area contributed by atoms with Crippen LogP contribution in [0.15, 0.2) is 30.3 Å². The first-order valence-corrected chi connectivity index (χ1v) is 8.07. The van der Waals surface area contributed by atoms with Crippen molar-refractivity contribution >= 4 is 22.1 Å². The predicted molar refractivity (Wildman–Crippen MR) is 78.4 cm³/mol. The number of amides is 1. The molecule has 1 amide bonds. The Kier molecular flexibility index (Phi) is 7.33. The lowest BCUT2D eigenvalue weighted by Crippen LogP contribution is -2.37. The van der Waals surface area contributed by atoms with Gasteiger partial charge in [-0.3, -0.25) is 4.79 Å². The van der Waals surface area contributed by atoms with E-state index in [1.807, 2.05) is 22.9 Å². The fraction of sp³-hybridized carbons (Fsp3) is 0.385. The summed E-state index contributed by atoms with van der Waals surface area (Å²) in [5.74, 6) is -1.07. The molecule has 0 saturated heterocycles. The van der Waals surface area contributed by atoms with Crippen molar-refractivity contribution in [1.82, 2.24) is 10.0 Å². The smallest absolute Gasteiger partial charge is 0.407 e. The Morgan fingerprint density at radius 2 is 1.86 bits per heavy atom. The van der Waals surface area contributed by atoms with Gasteiger partial charge in [0, 0.05) is 6.54 Å². The van der Waals surface area contributed by atoms with E-state index in [0.29, 0.717) is 0 Å². The van der Waals surface area contributed by atoms with E-state index in [0.717, 1.165) is 12.7 Å². The van der Waals surface area contributed by atoms with E-state index in [4.69, 9.17) is 4.74 Å². The van der Waals surface area contributed by atoms with Crippen LogP contribution in [0, 0.1) is 0 Å². The summed E-state index contributed by atoms with van der Waals surface area (Å²) in [4.78, 5) is 22.2. The molecule has 9 heteroatoms. The molecule has 0 fully saturated rings. The van der Waals surface area contributed by atoms with Crippen molar-refractivity contribution < 1.29 is 27.5 Å². The second-order valence-electron chi connectivity index (χ2n) is 4.20. The summed E-state index contributed by atoms with van der Waals surface area (Å²) in [6, 6.07) is 9.07. The van der Waals surface area contributed by atoms with Crippen LogP contribution in [-0.4, -0.2) is 46.4 Å². The second-order valence-corrected chi connectivity index (χ2v) is 6.13. The molecule has 0 bridgehead atoms. The number of benzene rings is 1. The number of nitrogens with one attached hydrogen (secondary N) is 2. The van der Waals surface area contributed by atoms with Crippen LogP contribution in [0.25, 0.3) is 0 Å². The second kappa shape index (κ2) is 9.00. The quantitative estimate of drug-likeness (QED) is 0.649. The van der Waals surface area contributed by atoms with Crippen LogP contribution < -0.4 is 10.0 Å². The zero-order chi connectivity index (χ0) is 16.4.